The number of halogens is 2. The molecule has 5 heteroatoms. The Bertz CT molecular complexity index is 537. The number of thiophene rings is 1. The van der Waals surface area contributed by atoms with Gasteiger partial charge in [0.05, 0.1) is 16.0 Å². The minimum Gasteiger partial charge on any atom is -0.306 e. The van der Waals surface area contributed by atoms with E-state index in [0.717, 1.165) is 21.6 Å². The largest absolute Gasteiger partial charge is 0.306 e. The van der Waals surface area contributed by atoms with Crippen LogP contribution in [0.4, 0.5) is 4.39 Å². The summed E-state index contributed by atoms with van der Waals surface area (Å²) < 4.78 is 15.0. The van der Waals surface area contributed by atoms with E-state index < -0.39 is 0 Å². The van der Waals surface area contributed by atoms with E-state index in [4.69, 9.17) is 0 Å². The summed E-state index contributed by atoms with van der Waals surface area (Å²) in [6.07, 6.45) is 3.91. The second kappa shape index (κ2) is 6.59. The standard InChI is InChI=1S/C14H16BrFN2S/c1-3-5-18-13(10-4-6-17-8-11(10)16)12-7-9(2)14(15)19-12/h4,6-8,13,18H,3,5H2,1-2H3. The van der Waals surface area contributed by atoms with E-state index in [0.29, 0.717) is 5.56 Å². The first-order valence-electron chi connectivity index (χ1n) is 6.22. The van der Waals surface area contributed by atoms with Crippen molar-refractivity contribution in [2.75, 3.05) is 6.54 Å². The van der Waals surface area contributed by atoms with Gasteiger partial charge in [-0.15, -0.1) is 11.3 Å². The molecule has 2 aromatic rings. The first-order valence-corrected chi connectivity index (χ1v) is 7.83. The van der Waals surface area contributed by atoms with Crippen LogP contribution in [0.5, 0.6) is 0 Å². The third-order valence-electron chi connectivity index (χ3n) is 2.87. The highest BCUT2D eigenvalue weighted by molar-refractivity contribution is 9.11. The lowest BCUT2D eigenvalue weighted by Gasteiger charge is -2.18. The molecular weight excluding hydrogens is 327 g/mol. The van der Waals surface area contributed by atoms with Crippen LogP contribution in [0.3, 0.4) is 0 Å². The van der Waals surface area contributed by atoms with E-state index in [1.165, 1.54) is 11.8 Å². The molecule has 2 rings (SSSR count). The molecule has 1 unspecified atom stereocenters. The minimum atomic E-state index is -0.265. The molecule has 19 heavy (non-hydrogen) atoms. The van der Waals surface area contributed by atoms with Gasteiger partial charge in [-0.1, -0.05) is 6.92 Å². The second-order valence-electron chi connectivity index (χ2n) is 4.39. The van der Waals surface area contributed by atoms with Gasteiger partial charge in [-0.05, 0) is 53.5 Å². The lowest BCUT2D eigenvalue weighted by molar-refractivity contribution is 0.547. The van der Waals surface area contributed by atoms with Gasteiger partial charge in [-0.2, -0.15) is 0 Å². The molecule has 1 N–H and O–H groups in total. The van der Waals surface area contributed by atoms with Crippen molar-refractivity contribution in [3.05, 3.63) is 50.1 Å². The van der Waals surface area contributed by atoms with Crippen LogP contribution in [0, 0.1) is 12.7 Å². The van der Waals surface area contributed by atoms with Crippen LogP contribution >= 0.6 is 27.3 Å². The van der Waals surface area contributed by atoms with Crippen molar-refractivity contribution < 1.29 is 4.39 Å². The number of hydrogen-bond donors (Lipinski definition) is 1. The van der Waals surface area contributed by atoms with Crippen molar-refractivity contribution in [1.82, 2.24) is 10.3 Å². The molecule has 0 aliphatic heterocycles. The van der Waals surface area contributed by atoms with Crippen molar-refractivity contribution in [3.63, 3.8) is 0 Å². The Morgan fingerprint density at radius 1 is 1.53 bits per heavy atom. The SMILES string of the molecule is CCCNC(c1cc(C)c(Br)s1)c1ccncc1F. The monoisotopic (exact) mass is 342 g/mol. The third kappa shape index (κ3) is 3.41. The molecule has 0 fully saturated rings. The molecule has 0 saturated carbocycles. The zero-order chi connectivity index (χ0) is 13.8. The maximum absolute atomic E-state index is 14.0. The first kappa shape index (κ1) is 14.6. The smallest absolute Gasteiger partial charge is 0.146 e. The molecule has 102 valence electrons. The lowest BCUT2D eigenvalue weighted by Crippen LogP contribution is -2.23. The average molecular weight is 343 g/mol. The summed E-state index contributed by atoms with van der Waals surface area (Å²) in [6, 6.07) is 3.73. The Hall–Kier alpha value is -0.780. The van der Waals surface area contributed by atoms with Gasteiger partial charge in [0.15, 0.2) is 0 Å². The number of hydrogen-bond acceptors (Lipinski definition) is 3. The molecule has 2 nitrogen and oxygen atoms in total. The van der Waals surface area contributed by atoms with Crippen molar-refractivity contribution in [2.45, 2.75) is 26.3 Å². The fraction of sp³-hybridized carbons (Fsp3) is 0.357. The zero-order valence-corrected chi connectivity index (χ0v) is 13.3. The van der Waals surface area contributed by atoms with Crippen LogP contribution < -0.4 is 5.32 Å². The summed E-state index contributed by atoms with van der Waals surface area (Å²) in [4.78, 5) is 4.93. The molecule has 1 atom stereocenters. The Balaban J connectivity index is 2.38. The third-order valence-corrected chi connectivity index (χ3v) is 5.08. The molecule has 2 heterocycles. The molecule has 0 saturated heterocycles. The number of aromatic nitrogens is 1. The van der Waals surface area contributed by atoms with E-state index in [1.807, 2.05) is 6.92 Å². The predicted octanol–water partition coefficient (Wildman–Crippen LogP) is 4.44. The topological polar surface area (TPSA) is 24.9 Å². The van der Waals surface area contributed by atoms with Gasteiger partial charge in [0.25, 0.3) is 0 Å². The van der Waals surface area contributed by atoms with Crippen LogP contribution in [-0.4, -0.2) is 11.5 Å². The highest BCUT2D eigenvalue weighted by Crippen LogP contribution is 2.34. The quantitative estimate of drug-likeness (QED) is 0.868. The summed E-state index contributed by atoms with van der Waals surface area (Å²) >= 11 is 5.17. The zero-order valence-electron chi connectivity index (χ0n) is 10.9. The van der Waals surface area contributed by atoms with Crippen molar-refractivity contribution >= 4 is 27.3 Å². The van der Waals surface area contributed by atoms with E-state index in [-0.39, 0.29) is 11.9 Å². The maximum atomic E-state index is 14.0. The normalized spacial score (nSPS) is 12.6. The summed E-state index contributed by atoms with van der Waals surface area (Å²) in [5.41, 5.74) is 1.83. The van der Waals surface area contributed by atoms with Gasteiger partial charge in [-0.3, -0.25) is 4.98 Å². The van der Waals surface area contributed by atoms with Gasteiger partial charge in [0.2, 0.25) is 0 Å². The first-order chi connectivity index (χ1) is 9.13. The average Bonchev–Trinajstić information content (AvgIpc) is 2.72. The van der Waals surface area contributed by atoms with Gasteiger partial charge in [0.1, 0.15) is 5.82 Å². The maximum Gasteiger partial charge on any atom is 0.146 e. The number of nitrogens with one attached hydrogen (secondary N) is 1. The molecule has 2 aromatic heterocycles. The van der Waals surface area contributed by atoms with Crippen molar-refractivity contribution in [3.8, 4) is 0 Å². The predicted molar refractivity (Wildman–Crippen MR) is 81.1 cm³/mol. The highest BCUT2D eigenvalue weighted by atomic mass is 79.9. The Morgan fingerprint density at radius 2 is 2.32 bits per heavy atom. The number of pyridine rings is 1. The lowest BCUT2D eigenvalue weighted by atomic mass is 10.1. The van der Waals surface area contributed by atoms with E-state index in [1.54, 1.807) is 23.6 Å². The summed E-state index contributed by atoms with van der Waals surface area (Å²) in [5.74, 6) is -0.265. The van der Waals surface area contributed by atoms with Crippen LogP contribution in [0.15, 0.2) is 28.3 Å². The second-order valence-corrected chi connectivity index (χ2v) is 6.79. The fourth-order valence-corrected chi connectivity index (χ4v) is 3.56. The van der Waals surface area contributed by atoms with Crippen LogP contribution in [0.1, 0.15) is 35.4 Å². The van der Waals surface area contributed by atoms with Crippen LogP contribution in [0.25, 0.3) is 0 Å². The molecule has 0 aromatic carbocycles. The minimum absolute atomic E-state index is 0.113. The molecule has 0 spiro atoms. The Kier molecular flexibility index (Phi) is 5.07. The van der Waals surface area contributed by atoms with E-state index in [9.17, 15) is 4.39 Å². The molecular formula is C14H16BrFN2S. The number of aryl methyl sites for hydroxylation is 1. The molecule has 0 amide bonds. The summed E-state index contributed by atoms with van der Waals surface area (Å²) in [7, 11) is 0. The van der Waals surface area contributed by atoms with E-state index >= 15 is 0 Å². The van der Waals surface area contributed by atoms with Crippen molar-refractivity contribution in [2.24, 2.45) is 0 Å². The fourth-order valence-electron chi connectivity index (χ4n) is 1.90. The Morgan fingerprint density at radius 3 is 2.89 bits per heavy atom. The van der Waals surface area contributed by atoms with Crippen LogP contribution in [0.2, 0.25) is 0 Å². The molecule has 0 bridgehead atoms. The molecule has 0 radical (unpaired) electrons. The molecule has 0 aliphatic rings. The summed E-state index contributed by atoms with van der Waals surface area (Å²) in [6.45, 7) is 4.99. The highest BCUT2D eigenvalue weighted by Gasteiger charge is 2.19. The number of nitrogens with zero attached hydrogens (tertiary/aromatic N) is 1. The van der Waals surface area contributed by atoms with Gasteiger partial charge in [0, 0.05) is 16.6 Å². The summed E-state index contributed by atoms with van der Waals surface area (Å²) in [5, 5.41) is 3.41. The van der Waals surface area contributed by atoms with Gasteiger partial charge < -0.3 is 5.32 Å². The van der Waals surface area contributed by atoms with Gasteiger partial charge >= 0.3 is 0 Å². The number of rotatable bonds is 5. The van der Waals surface area contributed by atoms with Gasteiger partial charge in [-0.25, -0.2) is 4.39 Å². The Labute approximate surface area is 125 Å². The van der Waals surface area contributed by atoms with Crippen molar-refractivity contribution in [1.29, 1.82) is 0 Å². The molecule has 0 aliphatic carbocycles. The van der Waals surface area contributed by atoms with E-state index in [2.05, 4.69) is 39.2 Å². The van der Waals surface area contributed by atoms with Crippen LogP contribution in [-0.2, 0) is 0 Å².